The van der Waals surface area contributed by atoms with E-state index < -0.39 is 0 Å². The number of hydrogen-bond donors (Lipinski definition) is 1. The summed E-state index contributed by atoms with van der Waals surface area (Å²) in [6.45, 7) is 3.99. The third-order valence-electron chi connectivity index (χ3n) is 2.58. The molecule has 1 aromatic heterocycles. The fourth-order valence-electron chi connectivity index (χ4n) is 1.59. The van der Waals surface area contributed by atoms with Crippen LogP contribution in [0.25, 0.3) is 0 Å². The third-order valence-corrected chi connectivity index (χ3v) is 2.79. The number of amides is 1. The molecule has 0 spiro atoms. The number of aromatic nitrogens is 1. The molecule has 0 fully saturated rings. The number of carbonyl (C=O) groups is 1. The van der Waals surface area contributed by atoms with Crippen molar-refractivity contribution in [2.75, 3.05) is 5.32 Å². The van der Waals surface area contributed by atoms with Gasteiger partial charge >= 0.3 is 0 Å². The topological polar surface area (TPSA) is 42.0 Å². The van der Waals surface area contributed by atoms with Crippen molar-refractivity contribution in [3.05, 3.63) is 23.0 Å². The maximum absolute atomic E-state index is 11.6. The first-order valence-corrected chi connectivity index (χ1v) is 6.44. The molecule has 0 aliphatic carbocycles. The third kappa shape index (κ3) is 5.18. The van der Waals surface area contributed by atoms with E-state index in [0.717, 1.165) is 24.2 Å². The molecule has 1 aromatic rings. The molecule has 0 saturated carbocycles. The summed E-state index contributed by atoms with van der Waals surface area (Å²) >= 11 is 5.75. The molecule has 0 atom stereocenters. The Morgan fingerprint density at radius 3 is 2.76 bits per heavy atom. The van der Waals surface area contributed by atoms with E-state index in [2.05, 4.69) is 17.2 Å². The fourth-order valence-corrected chi connectivity index (χ4v) is 1.78. The van der Waals surface area contributed by atoms with Gasteiger partial charge in [0.1, 0.15) is 5.15 Å². The van der Waals surface area contributed by atoms with Gasteiger partial charge in [0, 0.05) is 6.42 Å². The molecule has 17 heavy (non-hydrogen) atoms. The summed E-state index contributed by atoms with van der Waals surface area (Å²) in [7, 11) is 0. The Hall–Kier alpha value is -1.09. The van der Waals surface area contributed by atoms with Crippen molar-refractivity contribution in [2.24, 2.45) is 0 Å². The highest BCUT2D eigenvalue weighted by Crippen LogP contribution is 2.16. The Morgan fingerprint density at radius 2 is 2.12 bits per heavy atom. The van der Waals surface area contributed by atoms with Crippen molar-refractivity contribution in [3.8, 4) is 0 Å². The number of nitrogens with zero attached hydrogens (tertiary/aromatic N) is 1. The smallest absolute Gasteiger partial charge is 0.224 e. The lowest BCUT2D eigenvalue weighted by atomic mass is 10.1. The van der Waals surface area contributed by atoms with Gasteiger partial charge in [0.25, 0.3) is 0 Å². The fraction of sp³-hybridized carbons (Fsp3) is 0.538. The lowest BCUT2D eigenvalue weighted by molar-refractivity contribution is -0.116. The Labute approximate surface area is 108 Å². The number of aryl methyl sites for hydroxylation is 1. The quantitative estimate of drug-likeness (QED) is 0.617. The summed E-state index contributed by atoms with van der Waals surface area (Å²) < 4.78 is 0. The van der Waals surface area contributed by atoms with Crippen LogP contribution < -0.4 is 5.32 Å². The standard InChI is InChI=1S/C13H19ClN2O/c1-3-4-5-6-7-13(17)16-11-8-9-12(14)15-10(11)2/h8-9H,3-7H2,1-2H3,(H,16,17). The highest BCUT2D eigenvalue weighted by Gasteiger charge is 2.05. The minimum absolute atomic E-state index is 0.0494. The van der Waals surface area contributed by atoms with Gasteiger partial charge in [-0.15, -0.1) is 0 Å². The highest BCUT2D eigenvalue weighted by atomic mass is 35.5. The van der Waals surface area contributed by atoms with Crippen molar-refractivity contribution in [1.82, 2.24) is 4.98 Å². The number of unbranched alkanes of at least 4 members (excludes halogenated alkanes) is 3. The van der Waals surface area contributed by atoms with E-state index in [4.69, 9.17) is 11.6 Å². The second-order valence-electron chi connectivity index (χ2n) is 4.13. The molecule has 94 valence electrons. The number of hydrogen-bond acceptors (Lipinski definition) is 2. The second kappa shape index (κ2) is 7.28. The maximum atomic E-state index is 11.6. The predicted molar refractivity (Wildman–Crippen MR) is 71.4 cm³/mol. The number of anilines is 1. The first kappa shape index (κ1) is 14.0. The summed E-state index contributed by atoms with van der Waals surface area (Å²) in [5.74, 6) is 0.0494. The van der Waals surface area contributed by atoms with Crippen LogP contribution in [0.15, 0.2) is 12.1 Å². The lowest BCUT2D eigenvalue weighted by Crippen LogP contribution is -2.12. The van der Waals surface area contributed by atoms with E-state index in [0.29, 0.717) is 11.6 Å². The van der Waals surface area contributed by atoms with Crippen LogP contribution in [0, 0.1) is 6.92 Å². The molecular weight excluding hydrogens is 236 g/mol. The van der Waals surface area contributed by atoms with E-state index in [1.165, 1.54) is 12.8 Å². The van der Waals surface area contributed by atoms with Gasteiger partial charge in [-0.1, -0.05) is 37.8 Å². The summed E-state index contributed by atoms with van der Waals surface area (Å²) in [6.07, 6.45) is 5.00. The second-order valence-corrected chi connectivity index (χ2v) is 4.51. The van der Waals surface area contributed by atoms with Crippen LogP contribution in [-0.4, -0.2) is 10.9 Å². The number of pyridine rings is 1. The Kier molecular flexibility index (Phi) is 5.98. The average Bonchev–Trinajstić information content (AvgIpc) is 2.28. The monoisotopic (exact) mass is 254 g/mol. The average molecular weight is 255 g/mol. The molecule has 4 heteroatoms. The number of halogens is 1. The summed E-state index contributed by atoms with van der Waals surface area (Å²) in [4.78, 5) is 15.7. The molecule has 0 aliphatic rings. The number of carbonyl (C=O) groups excluding carboxylic acids is 1. The Bertz CT molecular complexity index is 380. The molecule has 1 amide bonds. The van der Waals surface area contributed by atoms with Gasteiger partial charge in [-0.3, -0.25) is 4.79 Å². The molecule has 3 nitrogen and oxygen atoms in total. The molecule has 1 N–H and O–H groups in total. The molecule has 0 saturated heterocycles. The lowest BCUT2D eigenvalue weighted by Gasteiger charge is -2.07. The van der Waals surface area contributed by atoms with Gasteiger partial charge in [-0.2, -0.15) is 0 Å². The van der Waals surface area contributed by atoms with Crippen LogP contribution in [0.1, 0.15) is 44.7 Å². The van der Waals surface area contributed by atoms with Crippen LogP contribution in [0.5, 0.6) is 0 Å². The van der Waals surface area contributed by atoms with E-state index in [9.17, 15) is 4.79 Å². The summed E-state index contributed by atoms with van der Waals surface area (Å²) in [5, 5.41) is 3.30. The minimum Gasteiger partial charge on any atom is -0.325 e. The first-order valence-electron chi connectivity index (χ1n) is 6.06. The van der Waals surface area contributed by atoms with Gasteiger partial charge in [0.15, 0.2) is 0 Å². The van der Waals surface area contributed by atoms with E-state index in [-0.39, 0.29) is 5.91 Å². The summed E-state index contributed by atoms with van der Waals surface area (Å²) in [5.41, 5.74) is 1.49. The van der Waals surface area contributed by atoms with Crippen molar-refractivity contribution in [2.45, 2.75) is 46.0 Å². The van der Waals surface area contributed by atoms with Crippen LogP contribution in [0.3, 0.4) is 0 Å². The van der Waals surface area contributed by atoms with Gasteiger partial charge in [0.2, 0.25) is 5.91 Å². The highest BCUT2D eigenvalue weighted by molar-refractivity contribution is 6.29. The van der Waals surface area contributed by atoms with Gasteiger partial charge in [-0.25, -0.2) is 4.98 Å². The zero-order valence-electron chi connectivity index (χ0n) is 10.4. The molecule has 0 bridgehead atoms. The van der Waals surface area contributed by atoms with Gasteiger partial charge < -0.3 is 5.32 Å². The maximum Gasteiger partial charge on any atom is 0.224 e. The van der Waals surface area contributed by atoms with Crippen molar-refractivity contribution in [1.29, 1.82) is 0 Å². The van der Waals surface area contributed by atoms with Crippen LogP contribution in [-0.2, 0) is 4.79 Å². The van der Waals surface area contributed by atoms with Crippen molar-refractivity contribution >= 4 is 23.2 Å². The van der Waals surface area contributed by atoms with Crippen LogP contribution in [0.4, 0.5) is 5.69 Å². The van der Waals surface area contributed by atoms with Crippen LogP contribution >= 0.6 is 11.6 Å². The van der Waals surface area contributed by atoms with E-state index >= 15 is 0 Å². The minimum atomic E-state index is 0.0494. The summed E-state index contributed by atoms with van der Waals surface area (Å²) in [6, 6.07) is 3.47. The van der Waals surface area contributed by atoms with Gasteiger partial charge in [-0.05, 0) is 25.5 Å². The first-order chi connectivity index (χ1) is 8.13. The largest absolute Gasteiger partial charge is 0.325 e. The molecule has 0 radical (unpaired) electrons. The number of rotatable bonds is 6. The van der Waals surface area contributed by atoms with Crippen molar-refractivity contribution in [3.63, 3.8) is 0 Å². The molecule has 1 rings (SSSR count). The van der Waals surface area contributed by atoms with Crippen molar-refractivity contribution < 1.29 is 4.79 Å². The zero-order chi connectivity index (χ0) is 12.7. The normalized spacial score (nSPS) is 10.3. The predicted octanol–water partition coefficient (Wildman–Crippen LogP) is 3.95. The zero-order valence-corrected chi connectivity index (χ0v) is 11.2. The molecule has 0 aromatic carbocycles. The van der Waals surface area contributed by atoms with Crippen LogP contribution in [0.2, 0.25) is 5.15 Å². The molecular formula is C13H19ClN2O. The molecule has 1 heterocycles. The van der Waals surface area contributed by atoms with E-state index in [1.54, 1.807) is 12.1 Å². The Morgan fingerprint density at radius 1 is 1.35 bits per heavy atom. The molecule has 0 unspecified atom stereocenters. The van der Waals surface area contributed by atoms with E-state index in [1.807, 2.05) is 6.92 Å². The van der Waals surface area contributed by atoms with Gasteiger partial charge in [0.05, 0.1) is 11.4 Å². The number of nitrogens with one attached hydrogen (secondary N) is 1. The molecule has 0 aliphatic heterocycles. The Balaban J connectivity index is 2.40. The SMILES string of the molecule is CCCCCCC(=O)Nc1ccc(Cl)nc1C.